The van der Waals surface area contributed by atoms with Gasteiger partial charge in [0.2, 0.25) is 5.91 Å². The number of hydrogen-bond acceptors (Lipinski definition) is 3. The second-order valence-corrected chi connectivity index (χ2v) is 6.36. The Morgan fingerprint density at radius 3 is 2.23 bits per heavy atom. The molecule has 2 fully saturated rings. The van der Waals surface area contributed by atoms with Crippen molar-refractivity contribution in [3.8, 4) is 11.5 Å². The first kappa shape index (κ1) is 15.2. The van der Waals surface area contributed by atoms with E-state index in [1.54, 1.807) is 14.2 Å². The summed E-state index contributed by atoms with van der Waals surface area (Å²) in [6, 6.07) is 5.96. The Balaban J connectivity index is 1.98. The van der Waals surface area contributed by atoms with Crippen LogP contribution >= 0.6 is 0 Å². The molecule has 1 heterocycles. The van der Waals surface area contributed by atoms with Crippen molar-refractivity contribution >= 4 is 5.91 Å². The molecular formula is C18H25NO3. The molecule has 0 aromatic heterocycles. The van der Waals surface area contributed by atoms with E-state index in [2.05, 4.69) is 4.90 Å². The first-order valence-electron chi connectivity index (χ1n) is 8.23. The Kier molecular flexibility index (Phi) is 4.27. The van der Waals surface area contributed by atoms with E-state index >= 15 is 0 Å². The minimum absolute atomic E-state index is 0.315. The molecule has 1 aliphatic carbocycles. The molecule has 2 aliphatic rings. The first-order chi connectivity index (χ1) is 10.7. The predicted octanol–water partition coefficient (Wildman–Crippen LogP) is 3.14. The van der Waals surface area contributed by atoms with Crippen molar-refractivity contribution in [1.29, 1.82) is 0 Å². The Bertz CT molecular complexity index is 543. The lowest BCUT2D eigenvalue weighted by Gasteiger charge is -2.33. The van der Waals surface area contributed by atoms with Crippen LogP contribution in [0.15, 0.2) is 18.2 Å². The number of hydrogen-bond donors (Lipinski definition) is 0. The van der Waals surface area contributed by atoms with Gasteiger partial charge in [-0.1, -0.05) is 18.9 Å². The number of likely N-dealkylation sites (tertiary alicyclic amines) is 1. The van der Waals surface area contributed by atoms with Crippen LogP contribution in [0.25, 0.3) is 0 Å². The van der Waals surface area contributed by atoms with Crippen molar-refractivity contribution in [2.24, 2.45) is 0 Å². The highest BCUT2D eigenvalue weighted by Crippen LogP contribution is 2.45. The van der Waals surface area contributed by atoms with Crippen molar-refractivity contribution in [2.75, 3.05) is 27.3 Å². The molecule has 0 unspecified atom stereocenters. The van der Waals surface area contributed by atoms with Gasteiger partial charge in [0.1, 0.15) is 0 Å². The van der Waals surface area contributed by atoms with Crippen molar-refractivity contribution < 1.29 is 14.3 Å². The van der Waals surface area contributed by atoms with Gasteiger partial charge in [0.15, 0.2) is 11.5 Å². The number of ether oxygens (including phenoxy) is 2. The lowest BCUT2D eigenvalue weighted by molar-refractivity contribution is -0.136. The summed E-state index contributed by atoms with van der Waals surface area (Å²) in [5.41, 5.74) is 0.726. The van der Waals surface area contributed by atoms with Crippen molar-refractivity contribution in [3.63, 3.8) is 0 Å². The standard InChI is InChI=1S/C18H25NO3/c1-21-15-8-7-14(13-16(15)22-2)18(9-3-4-10-18)17(20)19-11-5-6-12-19/h7-8,13H,3-6,9-12H2,1-2H3. The Hall–Kier alpha value is -1.71. The fraction of sp³-hybridized carbons (Fsp3) is 0.611. The Morgan fingerprint density at radius 2 is 1.64 bits per heavy atom. The number of methoxy groups -OCH3 is 2. The first-order valence-corrected chi connectivity index (χ1v) is 8.23. The zero-order valence-corrected chi connectivity index (χ0v) is 13.6. The second-order valence-electron chi connectivity index (χ2n) is 6.36. The average Bonchev–Trinajstić information content (AvgIpc) is 3.25. The van der Waals surface area contributed by atoms with Gasteiger partial charge in [-0.25, -0.2) is 0 Å². The molecule has 0 bridgehead atoms. The maximum atomic E-state index is 13.2. The Labute approximate surface area is 132 Å². The number of amides is 1. The summed E-state index contributed by atoms with van der Waals surface area (Å²) < 4.78 is 10.8. The molecule has 4 heteroatoms. The van der Waals surface area contributed by atoms with Crippen LogP contribution in [-0.4, -0.2) is 38.1 Å². The molecule has 1 saturated heterocycles. The summed E-state index contributed by atoms with van der Waals surface area (Å²) in [4.78, 5) is 15.2. The van der Waals surface area contributed by atoms with Crippen LogP contribution in [0.3, 0.4) is 0 Å². The van der Waals surface area contributed by atoms with Gasteiger partial charge >= 0.3 is 0 Å². The highest BCUT2D eigenvalue weighted by Gasteiger charge is 2.45. The second kappa shape index (κ2) is 6.19. The van der Waals surface area contributed by atoms with Gasteiger partial charge in [0, 0.05) is 13.1 Å². The number of carbonyl (C=O) groups is 1. The number of nitrogens with zero attached hydrogens (tertiary/aromatic N) is 1. The molecule has 0 atom stereocenters. The molecule has 0 spiro atoms. The smallest absolute Gasteiger partial charge is 0.233 e. The molecule has 1 saturated carbocycles. The molecule has 0 radical (unpaired) electrons. The third kappa shape index (κ3) is 2.44. The number of carbonyl (C=O) groups excluding carboxylic acids is 1. The fourth-order valence-electron chi connectivity index (χ4n) is 3.96. The molecule has 0 N–H and O–H groups in total. The van der Waals surface area contributed by atoms with E-state index in [0.717, 1.165) is 57.2 Å². The van der Waals surface area contributed by atoms with Crippen molar-refractivity contribution in [1.82, 2.24) is 4.90 Å². The van der Waals surface area contributed by atoms with Gasteiger partial charge in [-0.05, 0) is 43.4 Å². The highest BCUT2D eigenvalue weighted by atomic mass is 16.5. The molecular weight excluding hydrogens is 278 g/mol. The van der Waals surface area contributed by atoms with Crippen LogP contribution in [0.1, 0.15) is 44.1 Å². The summed E-state index contributed by atoms with van der Waals surface area (Å²) in [7, 11) is 3.28. The van der Waals surface area contributed by atoms with Crippen molar-refractivity contribution in [3.05, 3.63) is 23.8 Å². The molecule has 1 aromatic carbocycles. The Morgan fingerprint density at radius 1 is 1.00 bits per heavy atom. The minimum atomic E-state index is -0.357. The highest BCUT2D eigenvalue weighted by molar-refractivity contribution is 5.89. The van der Waals surface area contributed by atoms with E-state index < -0.39 is 0 Å². The summed E-state index contributed by atoms with van der Waals surface area (Å²) in [5.74, 6) is 1.74. The van der Waals surface area contributed by atoms with Crippen LogP contribution in [-0.2, 0) is 10.2 Å². The zero-order valence-electron chi connectivity index (χ0n) is 13.6. The topological polar surface area (TPSA) is 38.8 Å². The minimum Gasteiger partial charge on any atom is -0.493 e. The van der Waals surface area contributed by atoms with Gasteiger partial charge in [0.25, 0.3) is 0 Å². The third-order valence-electron chi connectivity index (χ3n) is 5.20. The van der Waals surface area contributed by atoms with Gasteiger partial charge in [0.05, 0.1) is 19.6 Å². The molecule has 4 nitrogen and oxygen atoms in total. The summed E-state index contributed by atoms with van der Waals surface area (Å²) in [6.07, 6.45) is 6.39. The monoisotopic (exact) mass is 303 g/mol. The van der Waals surface area contributed by atoms with Gasteiger partial charge < -0.3 is 14.4 Å². The van der Waals surface area contributed by atoms with E-state index in [1.807, 2.05) is 18.2 Å². The zero-order chi connectivity index (χ0) is 15.6. The van der Waals surface area contributed by atoms with Gasteiger partial charge in [-0.3, -0.25) is 4.79 Å². The van der Waals surface area contributed by atoms with Crippen LogP contribution < -0.4 is 9.47 Å². The summed E-state index contributed by atoms with van der Waals surface area (Å²) >= 11 is 0. The van der Waals surface area contributed by atoms with Crippen molar-refractivity contribution in [2.45, 2.75) is 43.9 Å². The largest absolute Gasteiger partial charge is 0.493 e. The van der Waals surface area contributed by atoms with Crippen LogP contribution in [0, 0.1) is 0 Å². The maximum absolute atomic E-state index is 13.2. The van der Waals surface area contributed by atoms with Crippen LogP contribution in [0.5, 0.6) is 11.5 Å². The van der Waals surface area contributed by atoms with Crippen LogP contribution in [0.2, 0.25) is 0 Å². The molecule has 1 aliphatic heterocycles. The molecule has 120 valence electrons. The molecule has 1 aromatic rings. The SMILES string of the molecule is COc1ccc(C2(C(=O)N3CCCC3)CCCC2)cc1OC. The number of benzene rings is 1. The third-order valence-corrected chi connectivity index (χ3v) is 5.20. The summed E-state index contributed by atoms with van der Waals surface area (Å²) in [5, 5.41) is 0. The van der Waals surface area contributed by atoms with E-state index in [4.69, 9.17) is 9.47 Å². The van der Waals surface area contributed by atoms with E-state index in [-0.39, 0.29) is 5.41 Å². The fourth-order valence-corrected chi connectivity index (χ4v) is 3.96. The molecule has 1 amide bonds. The van der Waals surface area contributed by atoms with E-state index in [9.17, 15) is 4.79 Å². The number of rotatable bonds is 4. The molecule has 3 rings (SSSR count). The molecule has 22 heavy (non-hydrogen) atoms. The maximum Gasteiger partial charge on any atom is 0.233 e. The average molecular weight is 303 g/mol. The van der Waals surface area contributed by atoms with Gasteiger partial charge in [-0.15, -0.1) is 0 Å². The lowest BCUT2D eigenvalue weighted by Crippen LogP contribution is -2.44. The van der Waals surface area contributed by atoms with Gasteiger partial charge in [-0.2, -0.15) is 0 Å². The van der Waals surface area contributed by atoms with E-state index in [1.165, 1.54) is 0 Å². The lowest BCUT2D eigenvalue weighted by atomic mass is 9.77. The predicted molar refractivity (Wildman–Crippen MR) is 85.5 cm³/mol. The quantitative estimate of drug-likeness (QED) is 0.858. The van der Waals surface area contributed by atoms with E-state index in [0.29, 0.717) is 17.4 Å². The van der Waals surface area contributed by atoms with Crippen LogP contribution in [0.4, 0.5) is 0 Å². The summed E-state index contributed by atoms with van der Waals surface area (Å²) in [6.45, 7) is 1.82. The normalized spacial score (nSPS) is 20.2.